The number of aryl methyl sites for hydroxylation is 3. The van der Waals surface area contributed by atoms with Crippen molar-refractivity contribution >= 4 is 11.8 Å². The number of nitrogens with zero attached hydrogens (tertiary/aromatic N) is 1. The molecule has 0 aliphatic carbocycles. The molecular formula is C23H30N2O3. The number of hydrogen-bond donors (Lipinski definition) is 1. The van der Waals surface area contributed by atoms with Crippen molar-refractivity contribution in [2.75, 3.05) is 13.1 Å². The number of furan rings is 1. The summed E-state index contributed by atoms with van der Waals surface area (Å²) in [6.45, 7) is 7.93. The highest BCUT2D eigenvalue weighted by Crippen LogP contribution is 2.23. The average molecular weight is 383 g/mol. The third-order valence-corrected chi connectivity index (χ3v) is 5.60. The van der Waals surface area contributed by atoms with Gasteiger partial charge < -0.3 is 14.6 Å². The molecule has 1 atom stereocenters. The molecule has 1 aliphatic rings. The van der Waals surface area contributed by atoms with Gasteiger partial charge in [0, 0.05) is 25.1 Å². The van der Waals surface area contributed by atoms with Gasteiger partial charge in [0.1, 0.15) is 11.5 Å². The zero-order chi connectivity index (χ0) is 20.1. The molecule has 1 unspecified atom stereocenters. The van der Waals surface area contributed by atoms with E-state index >= 15 is 0 Å². The Labute approximate surface area is 167 Å². The molecular weight excluding hydrogens is 352 g/mol. The lowest BCUT2D eigenvalue weighted by Crippen LogP contribution is -2.40. The van der Waals surface area contributed by atoms with Crippen LogP contribution in [-0.2, 0) is 11.3 Å². The largest absolute Gasteiger partial charge is 0.465 e. The van der Waals surface area contributed by atoms with Crippen LogP contribution in [-0.4, -0.2) is 29.8 Å². The first-order valence-corrected chi connectivity index (χ1v) is 10.1. The normalized spacial score (nSPS) is 16.8. The lowest BCUT2D eigenvalue weighted by atomic mass is 9.92. The van der Waals surface area contributed by atoms with Crippen LogP contribution in [0.4, 0.5) is 0 Å². The standard InChI is InChI=1S/C23H30N2O3/c1-16-6-9-20(13-17(16)2)23(27)25-12-4-5-19(15-25)8-11-22(26)24-14-21-10-7-18(3)28-21/h6-7,9-10,13,19H,4-5,8,11-12,14-15H2,1-3H3,(H,24,26). The Kier molecular flexibility index (Phi) is 6.55. The molecule has 1 aliphatic heterocycles. The van der Waals surface area contributed by atoms with Crippen LogP contribution in [0.15, 0.2) is 34.7 Å². The number of carbonyl (C=O) groups is 2. The SMILES string of the molecule is Cc1ccc(CNC(=O)CCC2CCCN(C(=O)c3ccc(C)c(C)c3)C2)o1. The Morgan fingerprint density at radius 2 is 1.96 bits per heavy atom. The van der Waals surface area contributed by atoms with Crippen LogP contribution in [0, 0.1) is 26.7 Å². The minimum Gasteiger partial charge on any atom is -0.465 e. The van der Waals surface area contributed by atoms with Crippen molar-refractivity contribution in [1.29, 1.82) is 0 Å². The van der Waals surface area contributed by atoms with Crippen LogP contribution in [0.3, 0.4) is 0 Å². The highest BCUT2D eigenvalue weighted by atomic mass is 16.3. The number of carbonyl (C=O) groups excluding carboxylic acids is 2. The number of amides is 2. The Balaban J connectivity index is 1.47. The van der Waals surface area contributed by atoms with Crippen molar-refractivity contribution in [3.05, 3.63) is 58.5 Å². The number of hydrogen-bond acceptors (Lipinski definition) is 3. The molecule has 1 fully saturated rings. The first-order valence-electron chi connectivity index (χ1n) is 10.1. The zero-order valence-electron chi connectivity index (χ0n) is 17.1. The summed E-state index contributed by atoms with van der Waals surface area (Å²) in [6, 6.07) is 9.68. The monoisotopic (exact) mass is 382 g/mol. The molecule has 0 saturated carbocycles. The second-order valence-electron chi connectivity index (χ2n) is 7.89. The van der Waals surface area contributed by atoms with Crippen LogP contribution in [0.5, 0.6) is 0 Å². The first kappa shape index (κ1) is 20.2. The van der Waals surface area contributed by atoms with Crippen LogP contribution in [0.2, 0.25) is 0 Å². The summed E-state index contributed by atoms with van der Waals surface area (Å²) < 4.78 is 5.47. The topological polar surface area (TPSA) is 62.6 Å². The van der Waals surface area contributed by atoms with Gasteiger partial charge in [-0.05, 0) is 81.3 Å². The van der Waals surface area contributed by atoms with Gasteiger partial charge in [0.15, 0.2) is 0 Å². The van der Waals surface area contributed by atoms with E-state index in [0.717, 1.165) is 55.0 Å². The molecule has 0 bridgehead atoms. The van der Waals surface area contributed by atoms with Gasteiger partial charge in [-0.2, -0.15) is 0 Å². The van der Waals surface area contributed by atoms with Crippen molar-refractivity contribution < 1.29 is 14.0 Å². The molecule has 0 spiro atoms. The molecule has 1 aromatic carbocycles. The highest BCUT2D eigenvalue weighted by Gasteiger charge is 2.25. The second-order valence-corrected chi connectivity index (χ2v) is 7.89. The molecule has 2 amide bonds. The molecule has 28 heavy (non-hydrogen) atoms. The Bertz CT molecular complexity index is 840. The molecule has 0 radical (unpaired) electrons. The molecule has 2 aromatic rings. The molecule has 5 nitrogen and oxygen atoms in total. The summed E-state index contributed by atoms with van der Waals surface area (Å²) in [6.07, 6.45) is 3.35. The third kappa shape index (κ3) is 5.24. The van der Waals surface area contributed by atoms with E-state index < -0.39 is 0 Å². The molecule has 150 valence electrons. The fourth-order valence-electron chi connectivity index (χ4n) is 3.73. The lowest BCUT2D eigenvalue weighted by Gasteiger charge is -2.33. The van der Waals surface area contributed by atoms with Crippen LogP contribution in [0.25, 0.3) is 0 Å². The van der Waals surface area contributed by atoms with E-state index in [2.05, 4.69) is 12.2 Å². The van der Waals surface area contributed by atoms with E-state index in [1.807, 2.05) is 49.1 Å². The van der Waals surface area contributed by atoms with E-state index in [4.69, 9.17) is 4.42 Å². The first-order chi connectivity index (χ1) is 13.4. The number of likely N-dealkylation sites (tertiary alicyclic amines) is 1. The van der Waals surface area contributed by atoms with Crippen molar-refractivity contribution in [3.63, 3.8) is 0 Å². The number of rotatable bonds is 6. The van der Waals surface area contributed by atoms with Gasteiger partial charge in [-0.15, -0.1) is 0 Å². The zero-order valence-corrected chi connectivity index (χ0v) is 17.1. The maximum Gasteiger partial charge on any atom is 0.253 e. The van der Waals surface area contributed by atoms with Crippen LogP contribution < -0.4 is 5.32 Å². The van der Waals surface area contributed by atoms with E-state index in [9.17, 15) is 9.59 Å². The summed E-state index contributed by atoms with van der Waals surface area (Å²) in [5.74, 6) is 2.13. The van der Waals surface area contributed by atoms with Gasteiger partial charge in [-0.25, -0.2) is 0 Å². The number of nitrogens with one attached hydrogen (secondary N) is 1. The summed E-state index contributed by atoms with van der Waals surface area (Å²) in [5.41, 5.74) is 3.10. The maximum absolute atomic E-state index is 12.8. The van der Waals surface area contributed by atoms with E-state index in [1.165, 1.54) is 5.56 Å². The van der Waals surface area contributed by atoms with E-state index in [0.29, 0.717) is 18.9 Å². The maximum atomic E-state index is 12.8. The van der Waals surface area contributed by atoms with Crippen molar-refractivity contribution in [3.8, 4) is 0 Å². The Morgan fingerprint density at radius 3 is 2.68 bits per heavy atom. The van der Waals surface area contributed by atoms with Crippen LogP contribution >= 0.6 is 0 Å². The predicted molar refractivity (Wildman–Crippen MR) is 109 cm³/mol. The smallest absolute Gasteiger partial charge is 0.253 e. The third-order valence-electron chi connectivity index (χ3n) is 5.60. The minimum atomic E-state index is 0.0339. The summed E-state index contributed by atoms with van der Waals surface area (Å²) in [7, 11) is 0. The second kappa shape index (κ2) is 9.09. The molecule has 5 heteroatoms. The summed E-state index contributed by atoms with van der Waals surface area (Å²) in [5, 5.41) is 2.91. The fraction of sp³-hybridized carbons (Fsp3) is 0.478. The molecule has 1 saturated heterocycles. The predicted octanol–water partition coefficient (Wildman–Crippen LogP) is 4.15. The fourth-order valence-corrected chi connectivity index (χ4v) is 3.73. The van der Waals surface area contributed by atoms with Gasteiger partial charge >= 0.3 is 0 Å². The van der Waals surface area contributed by atoms with Gasteiger partial charge in [0.2, 0.25) is 5.91 Å². The van der Waals surface area contributed by atoms with Gasteiger partial charge in [0.05, 0.1) is 6.54 Å². The van der Waals surface area contributed by atoms with Crippen molar-refractivity contribution in [2.24, 2.45) is 5.92 Å². The average Bonchev–Trinajstić information content (AvgIpc) is 3.12. The minimum absolute atomic E-state index is 0.0339. The summed E-state index contributed by atoms with van der Waals surface area (Å²) in [4.78, 5) is 26.9. The van der Waals surface area contributed by atoms with Crippen molar-refractivity contribution in [2.45, 2.75) is 53.0 Å². The Hall–Kier alpha value is -2.56. The molecule has 3 rings (SSSR count). The number of piperidine rings is 1. The van der Waals surface area contributed by atoms with Gasteiger partial charge in [-0.3, -0.25) is 9.59 Å². The molecule has 2 heterocycles. The quantitative estimate of drug-likeness (QED) is 0.816. The number of benzene rings is 1. The van der Waals surface area contributed by atoms with Gasteiger partial charge in [-0.1, -0.05) is 6.07 Å². The Morgan fingerprint density at radius 1 is 1.14 bits per heavy atom. The van der Waals surface area contributed by atoms with Crippen LogP contribution in [0.1, 0.15) is 58.7 Å². The molecule has 1 N–H and O–H groups in total. The van der Waals surface area contributed by atoms with Gasteiger partial charge in [0.25, 0.3) is 5.91 Å². The van der Waals surface area contributed by atoms with E-state index in [1.54, 1.807) is 0 Å². The summed E-state index contributed by atoms with van der Waals surface area (Å²) >= 11 is 0. The highest BCUT2D eigenvalue weighted by molar-refractivity contribution is 5.94. The van der Waals surface area contributed by atoms with Crippen molar-refractivity contribution in [1.82, 2.24) is 10.2 Å². The molecule has 1 aromatic heterocycles. The van der Waals surface area contributed by atoms with E-state index in [-0.39, 0.29) is 11.8 Å². The lowest BCUT2D eigenvalue weighted by molar-refractivity contribution is -0.121.